The van der Waals surface area contributed by atoms with E-state index in [1.165, 1.54) is 11.8 Å². The molecule has 0 atom stereocenters. The van der Waals surface area contributed by atoms with Gasteiger partial charge in [-0.25, -0.2) is 0 Å². The van der Waals surface area contributed by atoms with Gasteiger partial charge in [0.1, 0.15) is 5.78 Å². The summed E-state index contributed by atoms with van der Waals surface area (Å²) in [6.45, 7) is 0. The highest BCUT2D eigenvalue weighted by atomic mass is 16.1. The number of carbonyl (C=O) groups excluding carboxylic acids is 1. The molecule has 4 saturated carbocycles. The van der Waals surface area contributed by atoms with Gasteiger partial charge in [-0.3, -0.25) is 4.79 Å². The molecule has 0 saturated heterocycles. The number of hydrogen-bond acceptors (Lipinski definition) is 1. The largest absolute Gasteiger partial charge is 0.299 e. The molecule has 0 aliphatic heterocycles. The number of carbonyl (C=O) groups is 1. The van der Waals surface area contributed by atoms with E-state index in [2.05, 4.69) is 64.2 Å². The van der Waals surface area contributed by atoms with Gasteiger partial charge in [0.15, 0.2) is 0 Å². The van der Waals surface area contributed by atoms with Crippen LogP contribution in [0.2, 0.25) is 0 Å². The first kappa shape index (κ1) is 20.0. The maximum atomic E-state index is 13.7. The average Bonchev–Trinajstić information content (AvgIpc) is 3.50. The average molecular weight is 352 g/mol. The highest BCUT2D eigenvalue weighted by Gasteiger charge is 2.52. The molecule has 27 heavy (non-hydrogen) atoms. The zero-order valence-electron chi connectivity index (χ0n) is 15.5. The Morgan fingerprint density at radius 3 is 1.48 bits per heavy atom. The van der Waals surface area contributed by atoms with Gasteiger partial charge in [0.2, 0.25) is 0 Å². The highest BCUT2D eigenvalue weighted by molar-refractivity contribution is 5.93. The van der Waals surface area contributed by atoms with E-state index in [1.807, 2.05) is 38.5 Å². The van der Waals surface area contributed by atoms with Crippen LogP contribution in [0.4, 0.5) is 0 Å². The Balaban J connectivity index is 1.51. The molecule has 4 fully saturated rings. The fraction of sp³-hybridized carbons (Fsp3) is 0.192. The van der Waals surface area contributed by atoms with Crippen molar-refractivity contribution >= 4 is 5.78 Å². The summed E-state index contributed by atoms with van der Waals surface area (Å²) in [6.07, 6.45) is 36.4. The Morgan fingerprint density at radius 1 is 0.593 bits per heavy atom. The van der Waals surface area contributed by atoms with E-state index in [4.69, 9.17) is 0 Å². The smallest absolute Gasteiger partial charge is 0.140 e. The Bertz CT molecular complexity index is 441. The summed E-state index contributed by atoms with van der Waals surface area (Å²) >= 11 is 0. The van der Waals surface area contributed by atoms with Crippen LogP contribution >= 0.6 is 0 Å². The van der Waals surface area contributed by atoms with Crippen molar-refractivity contribution in [3.05, 3.63) is 126 Å². The van der Waals surface area contributed by atoms with Gasteiger partial charge in [0.25, 0.3) is 0 Å². The molecule has 134 valence electrons. The second-order valence-corrected chi connectivity index (χ2v) is 7.26. The summed E-state index contributed by atoms with van der Waals surface area (Å²) in [4.78, 5) is 13.7. The molecule has 0 heterocycles. The van der Waals surface area contributed by atoms with Gasteiger partial charge in [0.05, 0.1) is 0 Å². The molecule has 0 aromatic rings. The SMILES string of the molecule is O=C(CC[C]1[CH][CH][CH][CH]1)C(CC[C]1[CH][CH][CH][CH]1)([C]1[CH][CH][CH][CH]1)[C]1[CH][CH][CH][CH]1. The monoisotopic (exact) mass is 352 g/mol. The van der Waals surface area contributed by atoms with E-state index in [-0.39, 0.29) is 0 Å². The lowest BCUT2D eigenvalue weighted by atomic mass is 9.58. The van der Waals surface area contributed by atoms with Crippen LogP contribution in [-0.2, 0) is 4.79 Å². The van der Waals surface area contributed by atoms with Crippen LogP contribution in [-0.4, -0.2) is 5.78 Å². The summed E-state index contributed by atoms with van der Waals surface area (Å²) in [5.74, 6) is 5.08. The third-order valence-corrected chi connectivity index (χ3v) is 5.68. The Hall–Kier alpha value is -0.330. The Morgan fingerprint density at radius 2 is 1.00 bits per heavy atom. The molecule has 4 rings (SSSR count). The zero-order valence-corrected chi connectivity index (χ0v) is 15.5. The van der Waals surface area contributed by atoms with Crippen molar-refractivity contribution in [2.45, 2.75) is 25.7 Å². The Labute approximate surface area is 168 Å². The van der Waals surface area contributed by atoms with E-state index in [0.29, 0.717) is 12.2 Å². The van der Waals surface area contributed by atoms with Crippen molar-refractivity contribution in [1.82, 2.24) is 0 Å². The van der Waals surface area contributed by atoms with Crippen LogP contribution in [0.15, 0.2) is 0 Å². The second kappa shape index (κ2) is 9.45. The summed E-state index contributed by atoms with van der Waals surface area (Å²) < 4.78 is 0. The van der Waals surface area contributed by atoms with Crippen LogP contribution in [0, 0.1) is 132 Å². The van der Waals surface area contributed by atoms with Gasteiger partial charge in [-0.15, -0.1) is 0 Å². The topological polar surface area (TPSA) is 17.1 Å². The quantitative estimate of drug-likeness (QED) is 0.587. The summed E-state index contributed by atoms with van der Waals surface area (Å²) in [6, 6.07) is 0. The maximum absolute atomic E-state index is 13.7. The molecule has 1 nitrogen and oxygen atoms in total. The third kappa shape index (κ3) is 4.48. The highest BCUT2D eigenvalue weighted by Crippen LogP contribution is 2.56. The summed E-state index contributed by atoms with van der Waals surface area (Å²) in [5.41, 5.74) is -0.573. The van der Waals surface area contributed by atoms with Gasteiger partial charge in [0, 0.05) is 11.8 Å². The Kier molecular flexibility index (Phi) is 6.98. The molecule has 0 bridgehead atoms. The minimum absolute atomic E-state index is 0.313. The lowest BCUT2D eigenvalue weighted by Gasteiger charge is -2.43. The van der Waals surface area contributed by atoms with Crippen molar-refractivity contribution in [2.75, 3.05) is 0 Å². The molecule has 0 spiro atoms. The fourth-order valence-corrected chi connectivity index (χ4v) is 4.20. The van der Waals surface area contributed by atoms with Crippen molar-refractivity contribution in [3.63, 3.8) is 0 Å². The van der Waals surface area contributed by atoms with Crippen molar-refractivity contribution in [2.24, 2.45) is 5.41 Å². The first-order valence-corrected chi connectivity index (χ1v) is 9.68. The van der Waals surface area contributed by atoms with E-state index in [1.54, 1.807) is 0 Å². The molecule has 0 aromatic heterocycles. The predicted molar refractivity (Wildman–Crippen MR) is 108 cm³/mol. The molecule has 4 aliphatic carbocycles. The van der Waals surface area contributed by atoms with Crippen LogP contribution in [0.5, 0.6) is 0 Å². The normalized spacial score (nSPS) is 26.5. The minimum Gasteiger partial charge on any atom is -0.299 e. The van der Waals surface area contributed by atoms with Gasteiger partial charge in [-0.1, -0.05) is 0 Å². The molecule has 0 unspecified atom stereocenters. The summed E-state index contributed by atoms with van der Waals surface area (Å²) in [7, 11) is 0. The lowest BCUT2D eigenvalue weighted by molar-refractivity contribution is -0.126. The second-order valence-electron chi connectivity index (χ2n) is 7.26. The van der Waals surface area contributed by atoms with Crippen LogP contribution in [0.25, 0.3) is 0 Å². The standard InChI is InChI=1S/C26H24O/c27-25(18-17-21-9-1-2-10-21)26(23-13-5-6-14-23,24-15-7-8-16-24)20-19-22-11-3-4-12-22/h1-16H,17-20H2. The number of rotatable bonds is 9. The molecule has 20 radical (unpaired) electrons. The van der Waals surface area contributed by atoms with Gasteiger partial charge in [-0.2, -0.15) is 0 Å². The molecule has 4 aliphatic rings. The molecule has 0 N–H and O–H groups in total. The van der Waals surface area contributed by atoms with Crippen molar-refractivity contribution in [3.8, 4) is 0 Å². The predicted octanol–water partition coefficient (Wildman–Crippen LogP) is 4.72. The van der Waals surface area contributed by atoms with E-state index in [0.717, 1.165) is 31.1 Å². The molecular formula is C26H24O. The first-order valence-electron chi connectivity index (χ1n) is 9.68. The first-order chi connectivity index (χ1) is 13.3. The fourth-order valence-electron chi connectivity index (χ4n) is 4.20. The van der Waals surface area contributed by atoms with Crippen molar-refractivity contribution < 1.29 is 4.79 Å². The molecule has 1 heteroatoms. The van der Waals surface area contributed by atoms with Crippen molar-refractivity contribution in [1.29, 1.82) is 0 Å². The van der Waals surface area contributed by atoms with E-state index < -0.39 is 5.41 Å². The lowest BCUT2D eigenvalue weighted by Crippen LogP contribution is -2.42. The third-order valence-electron chi connectivity index (χ3n) is 5.68. The van der Waals surface area contributed by atoms with Gasteiger partial charge >= 0.3 is 0 Å². The van der Waals surface area contributed by atoms with Crippen LogP contribution < -0.4 is 0 Å². The van der Waals surface area contributed by atoms with Crippen LogP contribution in [0.1, 0.15) is 25.7 Å². The number of Topliss-reactive ketones (excluding diaryl/α,β-unsaturated/α-hetero) is 1. The van der Waals surface area contributed by atoms with Gasteiger partial charge in [-0.05, 0) is 146 Å². The van der Waals surface area contributed by atoms with E-state index >= 15 is 0 Å². The van der Waals surface area contributed by atoms with Crippen LogP contribution in [0.3, 0.4) is 0 Å². The summed E-state index contributed by atoms with van der Waals surface area (Å²) in [5, 5.41) is 0. The van der Waals surface area contributed by atoms with Gasteiger partial charge < -0.3 is 0 Å². The molecule has 0 aromatic carbocycles. The maximum Gasteiger partial charge on any atom is 0.140 e. The molecular weight excluding hydrogens is 328 g/mol. The zero-order chi connectivity index (χ0) is 18.5. The molecule has 0 amide bonds. The van der Waals surface area contributed by atoms with E-state index in [9.17, 15) is 4.79 Å². The number of hydrogen-bond donors (Lipinski definition) is 0. The number of ketones is 1. The minimum atomic E-state index is -0.573.